The molecule has 0 saturated heterocycles. The molecule has 1 rings (SSSR count). The summed E-state index contributed by atoms with van der Waals surface area (Å²) >= 11 is 0. The van der Waals surface area contributed by atoms with Gasteiger partial charge in [-0.2, -0.15) is 0 Å². The van der Waals surface area contributed by atoms with E-state index in [-0.39, 0.29) is 19.3 Å². The van der Waals surface area contributed by atoms with Crippen LogP contribution in [0.5, 0.6) is 0 Å². The Morgan fingerprint density at radius 2 is 1.81 bits per heavy atom. The van der Waals surface area contributed by atoms with Crippen molar-refractivity contribution in [2.45, 2.75) is 41.0 Å². The standard InChI is InChI=1S/C13H18O2.C3H6O2.CH4/c1-3-15-13(14)11(2)9-10-12-7-5-4-6-8-12;1-2-5-3-4;/h4-8,11H,3,9-10H2,1-2H3;3H,2H2,1H3;1H4. The molecule has 0 radical (unpaired) electrons. The fraction of sp³-hybridized carbons (Fsp3) is 0.529. The van der Waals surface area contributed by atoms with E-state index in [0.29, 0.717) is 19.7 Å². The fourth-order valence-corrected chi connectivity index (χ4v) is 1.50. The molecule has 0 amide bonds. The van der Waals surface area contributed by atoms with Crippen molar-refractivity contribution in [3.05, 3.63) is 35.9 Å². The molecule has 21 heavy (non-hydrogen) atoms. The minimum Gasteiger partial charge on any atom is -0.468 e. The van der Waals surface area contributed by atoms with Gasteiger partial charge in [-0.1, -0.05) is 44.7 Å². The summed E-state index contributed by atoms with van der Waals surface area (Å²) in [5, 5.41) is 0. The average molecular weight is 296 g/mol. The van der Waals surface area contributed by atoms with E-state index in [0.717, 1.165) is 12.8 Å². The summed E-state index contributed by atoms with van der Waals surface area (Å²) in [6, 6.07) is 10.2. The van der Waals surface area contributed by atoms with Crippen molar-refractivity contribution in [2.24, 2.45) is 5.92 Å². The number of carbonyl (C=O) groups excluding carboxylic acids is 2. The molecule has 0 N–H and O–H groups in total. The molecule has 0 saturated carbocycles. The van der Waals surface area contributed by atoms with Crippen LogP contribution in [0.15, 0.2) is 30.3 Å². The molecule has 0 fully saturated rings. The molecule has 1 unspecified atom stereocenters. The molecular weight excluding hydrogens is 268 g/mol. The molecule has 1 aromatic carbocycles. The van der Waals surface area contributed by atoms with Gasteiger partial charge in [0.1, 0.15) is 0 Å². The van der Waals surface area contributed by atoms with Gasteiger partial charge >= 0.3 is 5.97 Å². The van der Waals surface area contributed by atoms with E-state index in [4.69, 9.17) is 4.74 Å². The number of carbonyl (C=O) groups is 2. The van der Waals surface area contributed by atoms with Crippen LogP contribution in [0.25, 0.3) is 0 Å². The fourth-order valence-electron chi connectivity index (χ4n) is 1.50. The SMILES string of the molecule is C.CCOC(=O)C(C)CCc1ccccc1.CCOC=O. The summed E-state index contributed by atoms with van der Waals surface area (Å²) in [5.41, 5.74) is 1.27. The van der Waals surface area contributed by atoms with Crippen molar-refractivity contribution in [2.75, 3.05) is 13.2 Å². The van der Waals surface area contributed by atoms with Gasteiger partial charge in [-0.25, -0.2) is 0 Å². The highest BCUT2D eigenvalue weighted by atomic mass is 16.5. The van der Waals surface area contributed by atoms with E-state index in [1.54, 1.807) is 6.92 Å². The Kier molecular flexibility index (Phi) is 14.9. The molecule has 1 atom stereocenters. The minimum atomic E-state index is -0.0894. The van der Waals surface area contributed by atoms with Crippen LogP contribution in [-0.4, -0.2) is 25.7 Å². The minimum absolute atomic E-state index is 0. The number of benzene rings is 1. The quantitative estimate of drug-likeness (QED) is 0.569. The summed E-state index contributed by atoms with van der Waals surface area (Å²) in [6.07, 6.45) is 1.78. The van der Waals surface area contributed by atoms with Crippen LogP contribution in [0.4, 0.5) is 0 Å². The van der Waals surface area contributed by atoms with Gasteiger partial charge < -0.3 is 9.47 Å². The zero-order valence-electron chi connectivity index (χ0n) is 12.5. The average Bonchev–Trinajstić information content (AvgIpc) is 2.47. The third-order valence-electron chi connectivity index (χ3n) is 2.63. The molecule has 0 bridgehead atoms. The monoisotopic (exact) mass is 296 g/mol. The van der Waals surface area contributed by atoms with E-state index in [2.05, 4.69) is 16.9 Å². The largest absolute Gasteiger partial charge is 0.468 e. The number of esters is 1. The highest BCUT2D eigenvalue weighted by molar-refractivity contribution is 5.71. The number of hydrogen-bond acceptors (Lipinski definition) is 4. The molecule has 0 aliphatic heterocycles. The lowest BCUT2D eigenvalue weighted by Crippen LogP contribution is -2.15. The Bertz CT molecular complexity index is 362. The Labute approximate surface area is 128 Å². The first-order chi connectivity index (χ1) is 9.65. The topological polar surface area (TPSA) is 52.6 Å². The van der Waals surface area contributed by atoms with Gasteiger partial charge in [0.2, 0.25) is 0 Å². The second-order valence-corrected chi connectivity index (χ2v) is 4.23. The van der Waals surface area contributed by atoms with Gasteiger partial charge in [-0.05, 0) is 32.3 Å². The zero-order chi connectivity index (χ0) is 15.2. The van der Waals surface area contributed by atoms with Gasteiger partial charge in [0, 0.05) is 0 Å². The number of aryl methyl sites for hydroxylation is 1. The lowest BCUT2D eigenvalue weighted by molar-refractivity contribution is -0.147. The molecule has 0 aliphatic rings. The van der Waals surface area contributed by atoms with Crippen LogP contribution in [0.1, 0.15) is 40.2 Å². The van der Waals surface area contributed by atoms with Crippen LogP contribution in [0.3, 0.4) is 0 Å². The van der Waals surface area contributed by atoms with E-state index in [1.807, 2.05) is 32.0 Å². The smallest absolute Gasteiger partial charge is 0.308 e. The normalized spacial score (nSPS) is 10.2. The van der Waals surface area contributed by atoms with Crippen molar-refractivity contribution in [1.29, 1.82) is 0 Å². The molecular formula is C17H28O4. The van der Waals surface area contributed by atoms with Gasteiger partial charge in [0.05, 0.1) is 19.1 Å². The highest BCUT2D eigenvalue weighted by Crippen LogP contribution is 2.10. The predicted molar refractivity (Wildman–Crippen MR) is 85.0 cm³/mol. The Balaban J connectivity index is 0. The zero-order valence-corrected chi connectivity index (χ0v) is 12.5. The van der Waals surface area contributed by atoms with Gasteiger partial charge in [-0.3, -0.25) is 9.59 Å². The molecule has 1 aromatic rings. The van der Waals surface area contributed by atoms with Crippen LogP contribution in [-0.2, 0) is 25.5 Å². The van der Waals surface area contributed by atoms with Gasteiger partial charge in [-0.15, -0.1) is 0 Å². The van der Waals surface area contributed by atoms with E-state index in [1.165, 1.54) is 5.56 Å². The summed E-state index contributed by atoms with van der Waals surface area (Å²) < 4.78 is 9.11. The molecule has 0 spiro atoms. The van der Waals surface area contributed by atoms with E-state index < -0.39 is 0 Å². The highest BCUT2D eigenvalue weighted by Gasteiger charge is 2.13. The third-order valence-corrected chi connectivity index (χ3v) is 2.63. The molecule has 0 aromatic heterocycles. The second kappa shape index (κ2) is 14.6. The van der Waals surface area contributed by atoms with Gasteiger partial charge in [0.25, 0.3) is 6.47 Å². The third kappa shape index (κ3) is 11.7. The maximum atomic E-state index is 11.3. The lowest BCUT2D eigenvalue weighted by atomic mass is 10.0. The van der Waals surface area contributed by atoms with E-state index >= 15 is 0 Å². The van der Waals surface area contributed by atoms with Crippen molar-refractivity contribution in [3.8, 4) is 0 Å². The molecule has 120 valence electrons. The first-order valence-corrected chi connectivity index (χ1v) is 6.91. The second-order valence-electron chi connectivity index (χ2n) is 4.23. The summed E-state index contributed by atoms with van der Waals surface area (Å²) in [6.45, 7) is 6.88. The number of ether oxygens (including phenoxy) is 2. The first-order valence-electron chi connectivity index (χ1n) is 6.91. The Morgan fingerprint density at radius 1 is 1.19 bits per heavy atom. The molecule has 0 heterocycles. The summed E-state index contributed by atoms with van der Waals surface area (Å²) in [5.74, 6) is -0.0985. The van der Waals surface area contributed by atoms with Crippen LogP contribution in [0.2, 0.25) is 0 Å². The molecule has 4 nitrogen and oxygen atoms in total. The van der Waals surface area contributed by atoms with Gasteiger partial charge in [0.15, 0.2) is 0 Å². The van der Waals surface area contributed by atoms with Crippen LogP contribution >= 0.6 is 0 Å². The van der Waals surface area contributed by atoms with Crippen LogP contribution < -0.4 is 0 Å². The predicted octanol–water partition coefficient (Wildman–Crippen LogP) is 3.63. The van der Waals surface area contributed by atoms with Crippen molar-refractivity contribution in [3.63, 3.8) is 0 Å². The summed E-state index contributed by atoms with van der Waals surface area (Å²) in [7, 11) is 0. The summed E-state index contributed by atoms with van der Waals surface area (Å²) in [4.78, 5) is 20.5. The van der Waals surface area contributed by atoms with E-state index in [9.17, 15) is 9.59 Å². The maximum absolute atomic E-state index is 11.3. The Hall–Kier alpha value is -1.84. The maximum Gasteiger partial charge on any atom is 0.308 e. The van der Waals surface area contributed by atoms with Crippen LogP contribution in [0, 0.1) is 5.92 Å². The lowest BCUT2D eigenvalue weighted by Gasteiger charge is -2.09. The van der Waals surface area contributed by atoms with Crippen molar-refractivity contribution in [1.82, 2.24) is 0 Å². The number of hydrogen-bond donors (Lipinski definition) is 0. The number of rotatable bonds is 7. The Morgan fingerprint density at radius 3 is 2.24 bits per heavy atom. The van der Waals surface area contributed by atoms with Crippen molar-refractivity contribution >= 4 is 12.4 Å². The molecule has 4 heteroatoms. The first kappa shape index (κ1) is 21.5. The molecule has 0 aliphatic carbocycles. The van der Waals surface area contributed by atoms with Crippen molar-refractivity contribution < 1.29 is 19.1 Å².